The van der Waals surface area contributed by atoms with Gasteiger partial charge in [-0.25, -0.2) is 0 Å². The molecule has 0 aliphatic rings. The van der Waals surface area contributed by atoms with E-state index in [0.29, 0.717) is 10.8 Å². The average molecular weight is 307 g/mol. The number of nitro benzene ring substituents is 1. The molecule has 110 valence electrons. The van der Waals surface area contributed by atoms with E-state index in [1.165, 1.54) is 23.5 Å². The van der Waals surface area contributed by atoms with Crippen LogP contribution in [0.4, 0.5) is 16.5 Å². The Morgan fingerprint density at radius 2 is 2.10 bits per heavy atom. The summed E-state index contributed by atoms with van der Waals surface area (Å²) >= 11 is 1.23. The lowest BCUT2D eigenvalue weighted by Crippen LogP contribution is -2.18. The Hall–Kier alpha value is -2.55. The maximum atomic E-state index is 12.3. The largest absolute Gasteiger partial charge is 0.377 e. The third-order valence-electron chi connectivity index (χ3n) is 2.66. The second kappa shape index (κ2) is 5.83. The van der Waals surface area contributed by atoms with E-state index in [-0.39, 0.29) is 11.3 Å². The number of hydrogen-bond donors (Lipinski definition) is 1. The van der Waals surface area contributed by atoms with Gasteiger partial charge in [0.2, 0.25) is 5.13 Å². The first-order valence-electron chi connectivity index (χ1n) is 5.95. The van der Waals surface area contributed by atoms with Crippen molar-refractivity contribution in [2.45, 2.75) is 6.92 Å². The molecule has 0 aliphatic heterocycles. The van der Waals surface area contributed by atoms with Gasteiger partial charge in [0.15, 0.2) is 0 Å². The topological polar surface area (TPSA) is 101 Å². The van der Waals surface area contributed by atoms with E-state index < -0.39 is 10.8 Å². The van der Waals surface area contributed by atoms with Gasteiger partial charge in [0.1, 0.15) is 5.01 Å². The molecule has 0 saturated heterocycles. The molecular formula is C12H13N5O3S. The number of hydrogen-bond acceptors (Lipinski definition) is 7. The Labute approximate surface area is 124 Å². The highest BCUT2D eigenvalue weighted by Gasteiger charge is 2.19. The number of non-ortho nitro benzene ring substituents is 1. The van der Waals surface area contributed by atoms with Gasteiger partial charge in [0, 0.05) is 31.9 Å². The molecule has 8 nitrogen and oxygen atoms in total. The highest BCUT2D eigenvalue weighted by Crippen LogP contribution is 2.25. The second-order valence-corrected chi connectivity index (χ2v) is 5.61. The molecule has 1 N–H and O–H groups in total. The van der Waals surface area contributed by atoms with Crippen LogP contribution in [0.15, 0.2) is 18.2 Å². The summed E-state index contributed by atoms with van der Waals surface area (Å²) in [6.07, 6.45) is 0. The molecule has 1 aromatic carbocycles. The Morgan fingerprint density at radius 3 is 2.62 bits per heavy atom. The van der Waals surface area contributed by atoms with Crippen LogP contribution in [0.3, 0.4) is 0 Å². The van der Waals surface area contributed by atoms with E-state index in [4.69, 9.17) is 0 Å². The molecule has 1 amide bonds. The van der Waals surface area contributed by atoms with Gasteiger partial charge in [-0.1, -0.05) is 11.3 Å². The highest BCUT2D eigenvalue weighted by molar-refractivity contribution is 7.15. The highest BCUT2D eigenvalue weighted by atomic mass is 32.1. The van der Waals surface area contributed by atoms with Crippen LogP contribution in [-0.2, 0) is 0 Å². The standard InChI is InChI=1S/C12H13N5O3S/c1-7-14-15-12(21-7)13-11(18)9-6-8(17(19)20)4-5-10(9)16(2)3/h4-6H,1-3H3,(H,13,15,18). The SMILES string of the molecule is Cc1nnc(NC(=O)c2cc([N+](=O)[O-])ccc2N(C)C)s1. The fraction of sp³-hybridized carbons (Fsp3) is 0.250. The first-order chi connectivity index (χ1) is 9.88. The van der Waals surface area contributed by atoms with Crippen molar-refractivity contribution in [3.8, 4) is 0 Å². The summed E-state index contributed by atoms with van der Waals surface area (Å²) in [5.41, 5.74) is 0.653. The van der Waals surface area contributed by atoms with E-state index in [1.54, 1.807) is 32.0 Å². The monoisotopic (exact) mass is 307 g/mol. The number of carbonyl (C=O) groups excluding carboxylic acids is 1. The fourth-order valence-electron chi connectivity index (χ4n) is 1.72. The predicted molar refractivity (Wildman–Crippen MR) is 80.0 cm³/mol. The van der Waals surface area contributed by atoms with Crippen molar-refractivity contribution in [2.75, 3.05) is 24.3 Å². The zero-order valence-electron chi connectivity index (χ0n) is 11.7. The summed E-state index contributed by atoms with van der Waals surface area (Å²) in [7, 11) is 3.51. The second-order valence-electron chi connectivity index (χ2n) is 4.43. The quantitative estimate of drug-likeness (QED) is 0.685. The molecule has 2 aromatic rings. The summed E-state index contributed by atoms with van der Waals surface area (Å²) in [4.78, 5) is 24.3. The van der Waals surface area contributed by atoms with Crippen molar-refractivity contribution in [1.82, 2.24) is 10.2 Å². The van der Waals surface area contributed by atoms with Crippen molar-refractivity contribution >= 4 is 33.8 Å². The van der Waals surface area contributed by atoms with Gasteiger partial charge in [0.25, 0.3) is 11.6 Å². The van der Waals surface area contributed by atoms with Crippen molar-refractivity contribution in [3.05, 3.63) is 38.9 Å². The van der Waals surface area contributed by atoms with Crippen LogP contribution in [0.5, 0.6) is 0 Å². The maximum absolute atomic E-state index is 12.3. The molecule has 0 bridgehead atoms. The first kappa shape index (κ1) is 14.9. The number of nitrogens with zero attached hydrogens (tertiary/aromatic N) is 4. The molecule has 0 unspecified atom stereocenters. The Kier molecular flexibility index (Phi) is 4.13. The van der Waals surface area contributed by atoms with Gasteiger partial charge in [-0.15, -0.1) is 10.2 Å². The van der Waals surface area contributed by atoms with Crippen LogP contribution in [0.25, 0.3) is 0 Å². The van der Waals surface area contributed by atoms with Crippen LogP contribution in [0.1, 0.15) is 15.4 Å². The Balaban J connectivity index is 2.37. The normalized spacial score (nSPS) is 10.2. The molecule has 0 fully saturated rings. The molecule has 0 spiro atoms. The van der Waals surface area contributed by atoms with Gasteiger partial charge >= 0.3 is 0 Å². The molecule has 0 radical (unpaired) electrons. The predicted octanol–water partition coefficient (Wildman–Crippen LogP) is 2.07. The summed E-state index contributed by atoms with van der Waals surface area (Å²) in [5.74, 6) is -0.460. The van der Waals surface area contributed by atoms with Gasteiger partial charge < -0.3 is 4.90 Å². The summed E-state index contributed by atoms with van der Waals surface area (Å²) < 4.78 is 0. The zero-order valence-corrected chi connectivity index (χ0v) is 12.5. The van der Waals surface area contributed by atoms with Gasteiger partial charge in [-0.2, -0.15) is 0 Å². The molecule has 9 heteroatoms. The first-order valence-corrected chi connectivity index (χ1v) is 6.77. The fourth-order valence-corrected chi connectivity index (χ4v) is 2.31. The van der Waals surface area contributed by atoms with E-state index >= 15 is 0 Å². The average Bonchev–Trinajstić information content (AvgIpc) is 2.83. The van der Waals surface area contributed by atoms with E-state index in [9.17, 15) is 14.9 Å². The molecular weight excluding hydrogens is 294 g/mol. The van der Waals surface area contributed by atoms with Crippen molar-refractivity contribution < 1.29 is 9.72 Å². The smallest absolute Gasteiger partial charge is 0.270 e. The third kappa shape index (κ3) is 3.31. The van der Waals surface area contributed by atoms with Gasteiger partial charge in [-0.3, -0.25) is 20.2 Å². The lowest BCUT2D eigenvalue weighted by atomic mass is 10.1. The maximum Gasteiger partial charge on any atom is 0.270 e. The molecule has 21 heavy (non-hydrogen) atoms. The van der Waals surface area contributed by atoms with E-state index in [0.717, 1.165) is 5.01 Å². The molecule has 2 rings (SSSR count). The van der Waals surface area contributed by atoms with Crippen LogP contribution in [-0.4, -0.2) is 35.1 Å². The number of amides is 1. The number of benzene rings is 1. The number of aromatic nitrogens is 2. The van der Waals surface area contributed by atoms with Crippen molar-refractivity contribution in [1.29, 1.82) is 0 Å². The molecule has 1 heterocycles. The van der Waals surface area contributed by atoms with E-state index in [2.05, 4.69) is 15.5 Å². The minimum Gasteiger partial charge on any atom is -0.377 e. The van der Waals surface area contributed by atoms with E-state index in [1.807, 2.05) is 0 Å². The molecule has 0 aliphatic carbocycles. The minimum atomic E-state index is -0.536. The van der Waals surface area contributed by atoms with Crippen LogP contribution >= 0.6 is 11.3 Å². The number of nitro groups is 1. The van der Waals surface area contributed by atoms with Crippen molar-refractivity contribution in [3.63, 3.8) is 0 Å². The van der Waals surface area contributed by atoms with Crippen LogP contribution in [0.2, 0.25) is 0 Å². The Bertz CT molecular complexity index is 698. The third-order valence-corrected chi connectivity index (χ3v) is 3.42. The minimum absolute atomic E-state index is 0.140. The van der Waals surface area contributed by atoms with Gasteiger partial charge in [0.05, 0.1) is 10.5 Å². The van der Waals surface area contributed by atoms with Crippen molar-refractivity contribution in [2.24, 2.45) is 0 Å². The number of carbonyl (C=O) groups is 1. The number of aryl methyl sites for hydroxylation is 1. The summed E-state index contributed by atoms with van der Waals surface area (Å²) in [6.45, 7) is 1.77. The summed E-state index contributed by atoms with van der Waals surface area (Å²) in [5, 5.41) is 22.1. The van der Waals surface area contributed by atoms with Gasteiger partial charge in [-0.05, 0) is 13.0 Å². The lowest BCUT2D eigenvalue weighted by molar-refractivity contribution is -0.384. The summed E-state index contributed by atoms with van der Waals surface area (Å²) in [6, 6.07) is 4.15. The number of nitrogens with one attached hydrogen (secondary N) is 1. The number of rotatable bonds is 4. The van der Waals surface area contributed by atoms with Crippen LogP contribution < -0.4 is 10.2 Å². The lowest BCUT2D eigenvalue weighted by Gasteiger charge is -2.16. The zero-order chi connectivity index (χ0) is 15.6. The molecule has 1 aromatic heterocycles. The molecule has 0 saturated carbocycles. The Morgan fingerprint density at radius 1 is 1.38 bits per heavy atom. The molecule has 0 atom stereocenters. The van der Waals surface area contributed by atoms with Crippen LogP contribution in [0, 0.1) is 17.0 Å². The number of anilines is 2.